The van der Waals surface area contributed by atoms with Crippen LogP contribution >= 0.6 is 0 Å². The number of hydrogen-bond donors (Lipinski definition) is 3. The number of amides is 1. The number of hydrogen-bond acceptors (Lipinski definition) is 4. The third-order valence-corrected chi connectivity index (χ3v) is 4.53. The van der Waals surface area contributed by atoms with Crippen LogP contribution in [0.2, 0.25) is 0 Å². The molecule has 0 unspecified atom stereocenters. The number of nitrogens with zero attached hydrogens (tertiary/aromatic N) is 2. The second-order valence-corrected chi connectivity index (χ2v) is 6.10. The number of H-pyrrole nitrogens is 1. The highest BCUT2D eigenvalue weighted by molar-refractivity contribution is 5.88. The van der Waals surface area contributed by atoms with E-state index in [1.165, 1.54) is 12.1 Å². The van der Waals surface area contributed by atoms with Gasteiger partial charge in [0.05, 0.1) is 12.0 Å². The molecule has 2 heterocycles. The molecule has 6 nitrogen and oxygen atoms in total. The molecule has 1 atom stereocenters. The van der Waals surface area contributed by atoms with Gasteiger partial charge in [-0.25, -0.2) is 9.37 Å². The number of aromatic nitrogens is 3. The summed E-state index contributed by atoms with van der Waals surface area (Å²) in [6.45, 7) is 3.71. The normalized spacial score (nSPS) is 20.8. The molecule has 1 fully saturated rings. The second-order valence-electron chi connectivity index (χ2n) is 6.10. The average Bonchev–Trinajstić information content (AvgIpc) is 3.09. The molecule has 3 N–H and O–H groups in total. The number of benzene rings is 1. The van der Waals surface area contributed by atoms with E-state index in [2.05, 4.69) is 25.8 Å². The van der Waals surface area contributed by atoms with Gasteiger partial charge in [0.15, 0.2) is 5.82 Å². The number of carbonyl (C=O) groups is 1. The van der Waals surface area contributed by atoms with Gasteiger partial charge in [-0.05, 0) is 37.1 Å². The lowest BCUT2D eigenvalue weighted by molar-refractivity contribution is -0.127. The number of nitrogens with one attached hydrogen (secondary N) is 3. The van der Waals surface area contributed by atoms with Crippen LogP contribution in [0, 0.1) is 5.82 Å². The Bertz CT molecular complexity index is 691. The van der Waals surface area contributed by atoms with Crippen molar-refractivity contribution in [1.29, 1.82) is 0 Å². The minimum Gasteiger partial charge on any atom is -0.348 e. The van der Waals surface area contributed by atoms with Crippen molar-refractivity contribution in [3.63, 3.8) is 0 Å². The zero-order valence-corrected chi connectivity index (χ0v) is 13.7. The fourth-order valence-electron chi connectivity index (χ4n) is 3.15. The van der Waals surface area contributed by atoms with Gasteiger partial charge in [-0.15, -0.1) is 0 Å². The molecule has 0 bridgehead atoms. The van der Waals surface area contributed by atoms with Gasteiger partial charge >= 0.3 is 0 Å². The Morgan fingerprint density at radius 1 is 1.38 bits per heavy atom. The molecule has 24 heavy (non-hydrogen) atoms. The average molecular weight is 331 g/mol. The molecule has 2 aromatic rings. The number of aryl methyl sites for hydroxylation is 1. The highest BCUT2D eigenvalue weighted by Crippen LogP contribution is 2.32. The van der Waals surface area contributed by atoms with Gasteiger partial charge in [0.25, 0.3) is 0 Å². The highest BCUT2D eigenvalue weighted by atomic mass is 19.1. The number of aromatic amines is 1. The highest BCUT2D eigenvalue weighted by Gasteiger charge is 2.41. The van der Waals surface area contributed by atoms with Crippen molar-refractivity contribution in [3.8, 4) is 0 Å². The van der Waals surface area contributed by atoms with Crippen molar-refractivity contribution in [2.45, 2.75) is 38.1 Å². The number of carbonyl (C=O) groups excluding carboxylic acids is 1. The molecule has 0 saturated carbocycles. The van der Waals surface area contributed by atoms with Crippen molar-refractivity contribution in [2.75, 3.05) is 13.1 Å². The third kappa shape index (κ3) is 3.31. The van der Waals surface area contributed by atoms with Gasteiger partial charge < -0.3 is 10.6 Å². The van der Waals surface area contributed by atoms with E-state index in [1.807, 2.05) is 6.92 Å². The zero-order chi connectivity index (χ0) is 17.0. The summed E-state index contributed by atoms with van der Waals surface area (Å²) in [4.78, 5) is 17.3. The van der Waals surface area contributed by atoms with E-state index in [4.69, 9.17) is 0 Å². The van der Waals surface area contributed by atoms with Crippen molar-refractivity contribution in [3.05, 3.63) is 47.3 Å². The predicted molar refractivity (Wildman–Crippen MR) is 87.8 cm³/mol. The summed E-state index contributed by atoms with van der Waals surface area (Å²) in [6, 6.07) is 6.21. The molecule has 1 aromatic carbocycles. The molecule has 1 amide bonds. The van der Waals surface area contributed by atoms with Crippen LogP contribution in [0.25, 0.3) is 0 Å². The standard InChI is InChI=1S/C17H22FN5O/c1-2-14-21-15(23-22-14)10-20-16(24)17(8-3-9-19-11-17)12-4-6-13(18)7-5-12/h4-7,19H,2-3,8-11H2,1H3,(H,20,24)(H,21,22,23)/t17-/m1/s1. The molecular weight excluding hydrogens is 309 g/mol. The summed E-state index contributed by atoms with van der Waals surface area (Å²) in [5.74, 6) is 0.993. The second kappa shape index (κ2) is 7.09. The van der Waals surface area contributed by atoms with E-state index in [1.54, 1.807) is 12.1 Å². The maximum atomic E-state index is 13.2. The van der Waals surface area contributed by atoms with Crippen LogP contribution in [-0.2, 0) is 23.2 Å². The van der Waals surface area contributed by atoms with Gasteiger partial charge in [-0.3, -0.25) is 9.89 Å². The Kier molecular flexibility index (Phi) is 4.89. The van der Waals surface area contributed by atoms with Crippen LogP contribution in [0.1, 0.15) is 37.0 Å². The van der Waals surface area contributed by atoms with Crippen molar-refractivity contribution < 1.29 is 9.18 Å². The Morgan fingerprint density at radius 3 is 2.79 bits per heavy atom. The Balaban J connectivity index is 1.77. The Hall–Kier alpha value is -2.28. The van der Waals surface area contributed by atoms with Crippen LogP contribution < -0.4 is 10.6 Å². The van der Waals surface area contributed by atoms with Crippen LogP contribution in [-0.4, -0.2) is 34.2 Å². The van der Waals surface area contributed by atoms with E-state index in [0.717, 1.165) is 37.2 Å². The molecule has 0 aliphatic carbocycles. The molecular formula is C17H22FN5O. The molecule has 128 valence electrons. The van der Waals surface area contributed by atoms with E-state index in [-0.39, 0.29) is 11.7 Å². The van der Waals surface area contributed by atoms with Gasteiger partial charge in [-0.2, -0.15) is 5.10 Å². The number of halogens is 1. The lowest BCUT2D eigenvalue weighted by atomic mass is 9.74. The maximum Gasteiger partial charge on any atom is 0.232 e. The molecule has 0 radical (unpaired) electrons. The smallest absolute Gasteiger partial charge is 0.232 e. The fraction of sp³-hybridized carbons (Fsp3) is 0.471. The van der Waals surface area contributed by atoms with E-state index in [9.17, 15) is 9.18 Å². The summed E-state index contributed by atoms with van der Waals surface area (Å²) in [6.07, 6.45) is 2.37. The Labute approximate surface area is 140 Å². The first-order valence-electron chi connectivity index (χ1n) is 8.29. The first-order valence-corrected chi connectivity index (χ1v) is 8.29. The summed E-state index contributed by atoms with van der Waals surface area (Å²) in [7, 11) is 0. The first kappa shape index (κ1) is 16.6. The molecule has 1 aromatic heterocycles. The molecule has 1 aliphatic rings. The monoisotopic (exact) mass is 331 g/mol. The van der Waals surface area contributed by atoms with Crippen LogP contribution in [0.15, 0.2) is 24.3 Å². The topological polar surface area (TPSA) is 82.7 Å². The summed E-state index contributed by atoms with van der Waals surface area (Å²) in [5.41, 5.74) is 0.153. The fourth-order valence-corrected chi connectivity index (χ4v) is 3.15. The lowest BCUT2D eigenvalue weighted by Gasteiger charge is -2.36. The number of rotatable bonds is 5. The molecule has 7 heteroatoms. The summed E-state index contributed by atoms with van der Waals surface area (Å²) in [5, 5.41) is 13.1. The largest absolute Gasteiger partial charge is 0.348 e. The third-order valence-electron chi connectivity index (χ3n) is 4.53. The van der Waals surface area contributed by atoms with Crippen LogP contribution in [0.4, 0.5) is 4.39 Å². The van der Waals surface area contributed by atoms with Crippen molar-refractivity contribution in [1.82, 2.24) is 25.8 Å². The first-order chi connectivity index (χ1) is 11.6. The van der Waals surface area contributed by atoms with Gasteiger partial charge in [0.1, 0.15) is 11.6 Å². The quantitative estimate of drug-likeness (QED) is 0.774. The molecule has 1 saturated heterocycles. The minimum atomic E-state index is -0.681. The van der Waals surface area contributed by atoms with E-state index in [0.29, 0.717) is 18.9 Å². The predicted octanol–water partition coefficient (Wildman–Crippen LogP) is 1.44. The van der Waals surface area contributed by atoms with Crippen molar-refractivity contribution >= 4 is 5.91 Å². The zero-order valence-electron chi connectivity index (χ0n) is 13.7. The van der Waals surface area contributed by atoms with Gasteiger partial charge in [0, 0.05) is 13.0 Å². The van der Waals surface area contributed by atoms with E-state index >= 15 is 0 Å². The molecule has 3 rings (SSSR count). The number of piperidine rings is 1. The van der Waals surface area contributed by atoms with Gasteiger partial charge in [0.2, 0.25) is 5.91 Å². The van der Waals surface area contributed by atoms with Crippen LogP contribution in [0.3, 0.4) is 0 Å². The van der Waals surface area contributed by atoms with E-state index < -0.39 is 5.41 Å². The summed E-state index contributed by atoms with van der Waals surface area (Å²) >= 11 is 0. The molecule has 1 aliphatic heterocycles. The van der Waals surface area contributed by atoms with Crippen molar-refractivity contribution in [2.24, 2.45) is 0 Å². The minimum absolute atomic E-state index is 0.0734. The molecule has 0 spiro atoms. The summed E-state index contributed by atoms with van der Waals surface area (Å²) < 4.78 is 13.2. The Morgan fingerprint density at radius 2 is 2.17 bits per heavy atom. The van der Waals surface area contributed by atoms with Crippen LogP contribution in [0.5, 0.6) is 0 Å². The SMILES string of the molecule is CCc1n[nH]c(CNC(=O)[C@]2(c3ccc(F)cc3)CCCNC2)n1. The lowest BCUT2D eigenvalue weighted by Crippen LogP contribution is -2.53. The van der Waals surface area contributed by atoms with Gasteiger partial charge in [-0.1, -0.05) is 19.1 Å². The maximum absolute atomic E-state index is 13.2.